The summed E-state index contributed by atoms with van der Waals surface area (Å²) < 4.78 is 31.6. The lowest BCUT2D eigenvalue weighted by atomic mass is 9.78. The number of halogens is 2. The summed E-state index contributed by atoms with van der Waals surface area (Å²) in [6.07, 6.45) is 14.1. The van der Waals surface area contributed by atoms with Crippen LogP contribution in [-0.4, -0.2) is 12.1 Å². The van der Waals surface area contributed by atoms with Gasteiger partial charge in [-0.25, -0.2) is 4.39 Å². The number of esters is 1. The van der Waals surface area contributed by atoms with Crippen LogP contribution in [0.5, 0.6) is 0 Å². The van der Waals surface area contributed by atoms with Gasteiger partial charge in [-0.1, -0.05) is 24.3 Å². The fourth-order valence-electron chi connectivity index (χ4n) is 4.81. The third-order valence-electron chi connectivity index (χ3n) is 6.71. The van der Waals surface area contributed by atoms with Crippen molar-refractivity contribution in [3.63, 3.8) is 0 Å². The van der Waals surface area contributed by atoms with Gasteiger partial charge in [0.2, 0.25) is 0 Å². The minimum absolute atomic E-state index is 0.0126. The van der Waals surface area contributed by atoms with Crippen molar-refractivity contribution in [2.24, 2.45) is 11.8 Å². The van der Waals surface area contributed by atoms with E-state index in [1.54, 1.807) is 6.08 Å². The molecule has 2 aliphatic rings. The average molecular weight is 428 g/mol. The van der Waals surface area contributed by atoms with Crippen LogP contribution < -0.4 is 0 Å². The van der Waals surface area contributed by atoms with E-state index >= 15 is 0 Å². The van der Waals surface area contributed by atoms with Crippen LogP contribution in [0.1, 0.15) is 75.7 Å². The maximum Gasteiger partial charge on any atom is 0.309 e. The molecular formula is C26H31F2NO2. The number of carbonyl (C=O) groups excluding carboxylic acids is 1. The van der Waals surface area contributed by atoms with Gasteiger partial charge in [-0.3, -0.25) is 4.79 Å². The zero-order valence-corrected chi connectivity index (χ0v) is 17.9. The molecule has 5 heteroatoms. The van der Waals surface area contributed by atoms with Crippen LogP contribution in [0.2, 0.25) is 0 Å². The van der Waals surface area contributed by atoms with Crippen LogP contribution in [0.3, 0.4) is 0 Å². The maximum absolute atomic E-state index is 13.1. The number of rotatable bonds is 7. The molecule has 0 radical (unpaired) electrons. The number of hydrogen-bond acceptors (Lipinski definition) is 3. The zero-order chi connectivity index (χ0) is 22.1. The van der Waals surface area contributed by atoms with Crippen molar-refractivity contribution in [3.8, 4) is 6.07 Å². The molecule has 1 aromatic carbocycles. The van der Waals surface area contributed by atoms with Crippen molar-refractivity contribution in [2.45, 2.75) is 76.2 Å². The third-order valence-corrected chi connectivity index (χ3v) is 6.71. The fourth-order valence-corrected chi connectivity index (χ4v) is 4.81. The summed E-state index contributed by atoms with van der Waals surface area (Å²) in [5, 5.41) is 8.36. The summed E-state index contributed by atoms with van der Waals surface area (Å²) in [5.41, 5.74) is 1.16. The van der Waals surface area contributed by atoms with E-state index < -0.39 is 5.83 Å². The van der Waals surface area contributed by atoms with Gasteiger partial charge in [0.25, 0.3) is 0 Å². The summed E-state index contributed by atoms with van der Waals surface area (Å²) in [6.45, 7) is 0. The first-order chi connectivity index (χ1) is 15.0. The van der Waals surface area contributed by atoms with Gasteiger partial charge in [0, 0.05) is 0 Å². The molecule has 31 heavy (non-hydrogen) atoms. The topological polar surface area (TPSA) is 50.1 Å². The van der Waals surface area contributed by atoms with Gasteiger partial charge in [0.15, 0.2) is 5.83 Å². The zero-order valence-electron chi connectivity index (χ0n) is 17.9. The molecule has 0 atom stereocenters. The summed E-state index contributed by atoms with van der Waals surface area (Å²) >= 11 is 0. The Hall–Kier alpha value is -2.48. The van der Waals surface area contributed by atoms with Gasteiger partial charge >= 0.3 is 5.97 Å². The lowest BCUT2D eigenvalue weighted by Crippen LogP contribution is -2.29. The Morgan fingerprint density at radius 2 is 1.74 bits per heavy atom. The lowest BCUT2D eigenvalue weighted by Gasteiger charge is -2.31. The van der Waals surface area contributed by atoms with Gasteiger partial charge in [-0.05, 0) is 99.8 Å². The quantitative estimate of drug-likeness (QED) is 0.270. The number of nitriles is 1. The summed E-state index contributed by atoms with van der Waals surface area (Å²) in [7, 11) is 0. The standard InChI is InChI=1S/C26H31F2NO2/c27-23-14-12-21(13-15-23)20-8-10-22(11-9-20)26(30)31-25-16-6-19(7-17-25)4-2-1-3-5-24(28)18-29/h1,3,5,12-15,19-20,22,25H,2,4,6-11,16-17H2/b3-1+,24-5?. The van der Waals surface area contributed by atoms with Crippen LogP contribution in [-0.2, 0) is 9.53 Å². The van der Waals surface area contributed by atoms with Gasteiger partial charge in [0.1, 0.15) is 18.0 Å². The molecule has 2 aliphatic carbocycles. The number of carbonyl (C=O) groups is 1. The maximum atomic E-state index is 13.1. The van der Waals surface area contributed by atoms with E-state index in [0.717, 1.165) is 69.8 Å². The van der Waals surface area contributed by atoms with E-state index in [1.807, 2.05) is 18.2 Å². The molecule has 0 heterocycles. The number of ether oxygens (including phenoxy) is 1. The second kappa shape index (κ2) is 11.8. The van der Waals surface area contributed by atoms with Crippen LogP contribution in [0.25, 0.3) is 0 Å². The Morgan fingerprint density at radius 1 is 1.06 bits per heavy atom. The first kappa shape index (κ1) is 23.2. The van der Waals surface area contributed by atoms with Crippen molar-refractivity contribution in [2.75, 3.05) is 0 Å². The first-order valence-corrected chi connectivity index (χ1v) is 11.4. The number of nitrogens with zero attached hydrogens (tertiary/aromatic N) is 1. The minimum Gasteiger partial charge on any atom is -0.462 e. The molecule has 1 aromatic rings. The highest BCUT2D eigenvalue weighted by atomic mass is 19.1. The minimum atomic E-state index is -0.775. The van der Waals surface area contributed by atoms with Crippen LogP contribution >= 0.6 is 0 Å². The summed E-state index contributed by atoms with van der Waals surface area (Å²) in [4.78, 5) is 12.6. The predicted octanol–water partition coefficient (Wildman–Crippen LogP) is 6.91. The van der Waals surface area contributed by atoms with E-state index in [1.165, 1.54) is 24.3 Å². The Morgan fingerprint density at radius 3 is 2.39 bits per heavy atom. The Balaban J connectivity index is 1.33. The molecule has 2 fully saturated rings. The van der Waals surface area contributed by atoms with Crippen molar-refractivity contribution >= 4 is 5.97 Å². The average Bonchev–Trinajstić information content (AvgIpc) is 2.80. The smallest absolute Gasteiger partial charge is 0.309 e. The molecule has 0 saturated heterocycles. The van der Waals surface area contributed by atoms with Crippen molar-refractivity contribution < 1.29 is 18.3 Å². The van der Waals surface area contributed by atoms with E-state index in [2.05, 4.69) is 0 Å². The van der Waals surface area contributed by atoms with Crippen LogP contribution in [0.15, 0.2) is 48.3 Å². The SMILES string of the molecule is N#CC(F)=C/C=C/CCC1CCC(OC(=O)C2CCC(c3ccc(F)cc3)CC2)CC1. The van der Waals surface area contributed by atoms with Crippen LogP contribution in [0, 0.1) is 29.0 Å². The van der Waals surface area contributed by atoms with E-state index in [9.17, 15) is 13.6 Å². The number of allylic oxidation sites excluding steroid dienone is 4. The number of benzene rings is 1. The van der Waals surface area contributed by atoms with Crippen LogP contribution in [0.4, 0.5) is 8.78 Å². The Bertz CT molecular complexity index is 809. The summed E-state index contributed by atoms with van der Waals surface area (Å²) in [5.74, 6) is -0.0360. The lowest BCUT2D eigenvalue weighted by molar-refractivity contribution is -0.157. The third kappa shape index (κ3) is 7.31. The van der Waals surface area contributed by atoms with Gasteiger partial charge in [-0.15, -0.1) is 0 Å². The Kier molecular flexibility index (Phi) is 8.82. The second-order valence-electron chi connectivity index (χ2n) is 8.81. The molecule has 0 unspecified atom stereocenters. The molecule has 0 N–H and O–H groups in total. The first-order valence-electron chi connectivity index (χ1n) is 11.4. The molecule has 0 amide bonds. The molecule has 166 valence electrons. The molecule has 0 bridgehead atoms. The fraction of sp³-hybridized carbons (Fsp3) is 0.538. The molecule has 3 nitrogen and oxygen atoms in total. The molecule has 2 saturated carbocycles. The highest BCUT2D eigenvalue weighted by molar-refractivity contribution is 5.72. The van der Waals surface area contributed by atoms with Crippen molar-refractivity contribution in [1.82, 2.24) is 0 Å². The normalized spacial score (nSPS) is 27.1. The van der Waals surface area contributed by atoms with Gasteiger partial charge in [0.05, 0.1) is 5.92 Å². The highest BCUT2D eigenvalue weighted by Crippen LogP contribution is 2.37. The highest BCUT2D eigenvalue weighted by Gasteiger charge is 2.31. The number of hydrogen-bond donors (Lipinski definition) is 0. The van der Waals surface area contributed by atoms with E-state index in [-0.39, 0.29) is 23.8 Å². The Labute approximate surface area is 183 Å². The van der Waals surface area contributed by atoms with E-state index in [4.69, 9.17) is 10.00 Å². The molecule has 0 spiro atoms. The van der Waals surface area contributed by atoms with E-state index in [0.29, 0.717) is 11.8 Å². The van der Waals surface area contributed by atoms with Gasteiger partial charge in [-0.2, -0.15) is 9.65 Å². The molecule has 3 rings (SSSR count). The van der Waals surface area contributed by atoms with Crippen molar-refractivity contribution in [1.29, 1.82) is 5.26 Å². The van der Waals surface area contributed by atoms with Crippen molar-refractivity contribution in [3.05, 3.63) is 59.7 Å². The summed E-state index contributed by atoms with van der Waals surface area (Å²) in [6, 6.07) is 8.18. The largest absolute Gasteiger partial charge is 0.462 e. The van der Waals surface area contributed by atoms with Gasteiger partial charge < -0.3 is 4.74 Å². The predicted molar refractivity (Wildman–Crippen MR) is 116 cm³/mol. The monoisotopic (exact) mass is 427 g/mol. The second-order valence-corrected chi connectivity index (χ2v) is 8.81. The molecule has 0 aromatic heterocycles. The molecular weight excluding hydrogens is 396 g/mol. The molecule has 0 aliphatic heterocycles.